The fraction of sp³-hybridized carbons (Fsp3) is 0.500. The van der Waals surface area contributed by atoms with Crippen LogP contribution in [0.25, 0.3) is 0 Å². The summed E-state index contributed by atoms with van der Waals surface area (Å²) in [6.07, 6.45) is 0.524. The molecule has 6 heteroatoms. The van der Waals surface area contributed by atoms with Crippen LogP contribution in [0.1, 0.15) is 5.56 Å². The van der Waals surface area contributed by atoms with E-state index in [9.17, 15) is 8.42 Å². The van der Waals surface area contributed by atoms with E-state index in [1.165, 1.54) is 0 Å². The van der Waals surface area contributed by atoms with Gasteiger partial charge in [0.05, 0.1) is 19.5 Å². The van der Waals surface area contributed by atoms with Gasteiger partial charge >= 0.3 is 0 Å². The van der Waals surface area contributed by atoms with E-state index < -0.39 is 16.3 Å². The lowest BCUT2D eigenvalue weighted by atomic mass is 10.2. The number of ether oxygens (including phenoxy) is 1. The summed E-state index contributed by atoms with van der Waals surface area (Å²) in [7, 11) is -3.47. The Labute approximate surface area is 107 Å². The number of benzene rings is 1. The van der Waals surface area contributed by atoms with Crippen molar-refractivity contribution < 1.29 is 17.3 Å². The third kappa shape index (κ3) is 4.06. The maximum absolute atomic E-state index is 11.2. The molecular weight excluding hydrogens is 254 g/mol. The molecule has 1 aromatic carbocycles. The first-order valence-electron chi connectivity index (χ1n) is 5.78. The Kier molecular flexibility index (Phi) is 4.34. The molecule has 0 spiro atoms. The molecule has 1 saturated heterocycles. The van der Waals surface area contributed by atoms with Crippen LogP contribution >= 0.6 is 0 Å². The molecule has 1 unspecified atom stereocenters. The second-order valence-electron chi connectivity index (χ2n) is 4.29. The van der Waals surface area contributed by atoms with Gasteiger partial charge in [-0.25, -0.2) is 4.18 Å². The lowest BCUT2D eigenvalue weighted by Gasteiger charge is -2.34. The van der Waals surface area contributed by atoms with Gasteiger partial charge in [0.25, 0.3) is 10.1 Å². The molecule has 18 heavy (non-hydrogen) atoms. The highest BCUT2D eigenvalue weighted by molar-refractivity contribution is 7.86. The van der Waals surface area contributed by atoms with Gasteiger partial charge in [-0.15, -0.1) is 0 Å². The zero-order chi connectivity index (χ0) is 13.0. The van der Waals surface area contributed by atoms with Crippen molar-refractivity contribution in [3.63, 3.8) is 0 Å². The van der Waals surface area contributed by atoms with Gasteiger partial charge < -0.3 is 4.74 Å². The summed E-state index contributed by atoms with van der Waals surface area (Å²) >= 11 is 0. The zero-order valence-electron chi connectivity index (χ0n) is 10.3. The predicted octanol–water partition coefficient (Wildman–Crippen LogP) is 0.821. The fourth-order valence-electron chi connectivity index (χ4n) is 1.90. The van der Waals surface area contributed by atoms with Crippen LogP contribution in [0, 0.1) is 0 Å². The number of hydrogen-bond acceptors (Lipinski definition) is 5. The normalized spacial score (nSPS) is 21.9. The molecule has 1 heterocycles. The summed E-state index contributed by atoms with van der Waals surface area (Å²) in [4.78, 5) is 1.97. The summed E-state index contributed by atoms with van der Waals surface area (Å²) in [5.74, 6) is 0. The summed E-state index contributed by atoms with van der Waals surface area (Å²) < 4.78 is 32.7. The molecule has 5 nitrogen and oxygen atoms in total. The summed E-state index contributed by atoms with van der Waals surface area (Å²) in [6.45, 7) is 2.19. The van der Waals surface area contributed by atoms with E-state index in [-0.39, 0.29) is 6.61 Å². The van der Waals surface area contributed by atoms with E-state index in [1.54, 1.807) is 0 Å². The van der Waals surface area contributed by atoms with Crippen molar-refractivity contribution in [3.8, 4) is 0 Å². The first-order chi connectivity index (χ1) is 8.54. The van der Waals surface area contributed by atoms with Crippen LogP contribution in [0.3, 0.4) is 0 Å². The molecule has 0 aromatic heterocycles. The molecule has 0 aliphatic carbocycles. The van der Waals surface area contributed by atoms with Crippen LogP contribution in [0.2, 0.25) is 0 Å². The molecule has 0 amide bonds. The van der Waals surface area contributed by atoms with E-state index in [0.29, 0.717) is 19.7 Å². The molecule has 1 aromatic rings. The van der Waals surface area contributed by atoms with Crippen LogP contribution in [0.5, 0.6) is 0 Å². The predicted molar refractivity (Wildman–Crippen MR) is 67.4 cm³/mol. The van der Waals surface area contributed by atoms with Gasteiger partial charge in [0.1, 0.15) is 0 Å². The van der Waals surface area contributed by atoms with Gasteiger partial charge in [0.2, 0.25) is 0 Å². The molecule has 1 fully saturated rings. The second-order valence-corrected chi connectivity index (χ2v) is 5.89. The van der Waals surface area contributed by atoms with Crippen molar-refractivity contribution in [2.45, 2.75) is 12.8 Å². The minimum absolute atomic E-state index is 0.278. The highest BCUT2D eigenvalue weighted by atomic mass is 32.2. The lowest BCUT2D eigenvalue weighted by molar-refractivity contribution is -0.0921. The Hall–Kier alpha value is -0.950. The SMILES string of the molecule is CS(=O)(=O)OC1COCCN1Cc1ccccc1. The van der Waals surface area contributed by atoms with Crippen molar-refractivity contribution >= 4 is 10.1 Å². The standard InChI is InChI=1S/C12H17NO4S/c1-18(14,15)17-12-10-16-8-7-13(12)9-11-5-3-2-4-6-11/h2-6,12H,7-10H2,1H3. The van der Waals surface area contributed by atoms with Gasteiger partial charge in [-0.1, -0.05) is 30.3 Å². The number of rotatable bonds is 4. The third-order valence-electron chi connectivity index (χ3n) is 2.70. The van der Waals surface area contributed by atoms with E-state index in [1.807, 2.05) is 35.2 Å². The van der Waals surface area contributed by atoms with E-state index >= 15 is 0 Å². The van der Waals surface area contributed by atoms with E-state index in [2.05, 4.69) is 0 Å². The zero-order valence-corrected chi connectivity index (χ0v) is 11.1. The quantitative estimate of drug-likeness (QED) is 0.759. The van der Waals surface area contributed by atoms with Gasteiger partial charge in [0, 0.05) is 13.1 Å². The Morgan fingerprint density at radius 3 is 2.78 bits per heavy atom. The average molecular weight is 271 g/mol. The van der Waals surface area contributed by atoms with Crippen molar-refractivity contribution in [2.24, 2.45) is 0 Å². The Balaban J connectivity index is 2.04. The molecule has 0 N–H and O–H groups in total. The molecule has 0 bridgehead atoms. The maximum Gasteiger partial charge on any atom is 0.266 e. The summed E-state index contributed by atoms with van der Waals surface area (Å²) in [5, 5.41) is 0. The Bertz CT molecular complexity index is 474. The minimum atomic E-state index is -3.47. The molecule has 1 aliphatic rings. The second kappa shape index (κ2) is 5.79. The van der Waals surface area contributed by atoms with Crippen LogP contribution < -0.4 is 0 Å². The number of morpholine rings is 1. The molecule has 1 atom stereocenters. The van der Waals surface area contributed by atoms with E-state index in [0.717, 1.165) is 11.8 Å². The Morgan fingerprint density at radius 1 is 1.39 bits per heavy atom. The highest BCUT2D eigenvalue weighted by Crippen LogP contribution is 2.14. The third-order valence-corrected chi connectivity index (χ3v) is 3.28. The van der Waals surface area contributed by atoms with Crippen molar-refractivity contribution in [3.05, 3.63) is 35.9 Å². The van der Waals surface area contributed by atoms with Crippen molar-refractivity contribution in [1.82, 2.24) is 4.90 Å². The number of nitrogens with zero attached hydrogens (tertiary/aromatic N) is 1. The maximum atomic E-state index is 11.2. The average Bonchev–Trinajstić information content (AvgIpc) is 2.31. The van der Waals surface area contributed by atoms with Crippen LogP contribution in [-0.2, 0) is 25.6 Å². The first-order valence-corrected chi connectivity index (χ1v) is 7.60. The highest BCUT2D eigenvalue weighted by Gasteiger charge is 2.26. The molecule has 1 aliphatic heterocycles. The monoisotopic (exact) mass is 271 g/mol. The summed E-state index contributed by atoms with van der Waals surface area (Å²) in [5.41, 5.74) is 1.13. The topological polar surface area (TPSA) is 55.8 Å². The fourth-order valence-corrected chi connectivity index (χ4v) is 2.49. The van der Waals surface area contributed by atoms with Gasteiger partial charge in [0.15, 0.2) is 6.23 Å². The Morgan fingerprint density at radius 2 is 2.11 bits per heavy atom. The van der Waals surface area contributed by atoms with Crippen molar-refractivity contribution in [1.29, 1.82) is 0 Å². The van der Waals surface area contributed by atoms with E-state index in [4.69, 9.17) is 8.92 Å². The lowest BCUT2D eigenvalue weighted by Crippen LogP contribution is -2.47. The van der Waals surface area contributed by atoms with Gasteiger partial charge in [-0.3, -0.25) is 4.90 Å². The molecule has 0 radical (unpaired) electrons. The molecule has 0 saturated carbocycles. The van der Waals surface area contributed by atoms with Gasteiger partial charge in [-0.2, -0.15) is 8.42 Å². The van der Waals surface area contributed by atoms with Crippen LogP contribution in [0.4, 0.5) is 0 Å². The van der Waals surface area contributed by atoms with Crippen LogP contribution in [0.15, 0.2) is 30.3 Å². The first kappa shape index (κ1) is 13.5. The number of hydrogen-bond donors (Lipinski definition) is 0. The smallest absolute Gasteiger partial charge is 0.266 e. The molecule has 100 valence electrons. The largest absolute Gasteiger partial charge is 0.376 e. The van der Waals surface area contributed by atoms with Crippen molar-refractivity contribution in [2.75, 3.05) is 26.0 Å². The molecular formula is C12H17NO4S. The summed E-state index contributed by atoms with van der Waals surface area (Å²) in [6, 6.07) is 9.89. The minimum Gasteiger partial charge on any atom is -0.376 e. The molecule has 2 rings (SSSR count). The van der Waals surface area contributed by atoms with Gasteiger partial charge in [-0.05, 0) is 5.56 Å². The van der Waals surface area contributed by atoms with Crippen LogP contribution in [-0.4, -0.2) is 45.6 Å².